The van der Waals surface area contributed by atoms with E-state index >= 15 is 0 Å². The maximum Gasteiger partial charge on any atom is 0.291 e. The fourth-order valence-corrected chi connectivity index (χ4v) is 4.15. The lowest BCUT2D eigenvalue weighted by Gasteiger charge is -2.30. The van der Waals surface area contributed by atoms with E-state index in [1.807, 2.05) is 24.3 Å². The van der Waals surface area contributed by atoms with Gasteiger partial charge >= 0.3 is 0 Å². The zero-order valence-electron chi connectivity index (χ0n) is 14.4. The zero-order valence-corrected chi connectivity index (χ0v) is 15.2. The Morgan fingerprint density at radius 3 is 2.38 bits per heavy atom. The quantitative estimate of drug-likeness (QED) is 0.777. The number of fused-ring (bicyclic) bond motifs is 1. The molecule has 136 valence electrons. The average Bonchev–Trinajstić information content (AvgIpc) is 2.61. The van der Waals surface area contributed by atoms with E-state index in [0.717, 1.165) is 18.4 Å². The Hall–Kier alpha value is -2.44. The maximum absolute atomic E-state index is 12.6. The van der Waals surface area contributed by atoms with E-state index in [9.17, 15) is 17.8 Å². The van der Waals surface area contributed by atoms with Crippen molar-refractivity contribution in [3.05, 3.63) is 82.5 Å². The molecule has 1 amide bonds. The highest BCUT2D eigenvalue weighted by molar-refractivity contribution is 7.89. The second-order valence-electron chi connectivity index (χ2n) is 6.39. The molecule has 0 saturated carbocycles. The van der Waals surface area contributed by atoms with Crippen molar-refractivity contribution in [1.82, 2.24) is 5.32 Å². The summed E-state index contributed by atoms with van der Waals surface area (Å²) >= 11 is 0. The van der Waals surface area contributed by atoms with Crippen molar-refractivity contribution in [3.63, 3.8) is 0 Å². The topological polar surface area (TPSA) is 83.5 Å². The van der Waals surface area contributed by atoms with Crippen molar-refractivity contribution < 1.29 is 17.8 Å². The van der Waals surface area contributed by atoms with E-state index in [1.165, 1.54) is 6.08 Å². The van der Waals surface area contributed by atoms with Gasteiger partial charge in [-0.1, -0.05) is 49.8 Å². The van der Waals surface area contributed by atoms with Crippen LogP contribution in [-0.2, 0) is 16.5 Å². The van der Waals surface area contributed by atoms with Gasteiger partial charge in [-0.15, -0.1) is 0 Å². The number of hydrogen-bond donors (Lipinski definition) is 2. The molecule has 5 nitrogen and oxygen atoms in total. The Balaban J connectivity index is 1.83. The molecule has 2 aliphatic rings. The van der Waals surface area contributed by atoms with Crippen LogP contribution >= 0.6 is 0 Å². The molecular weight excluding hydrogens is 350 g/mol. The molecule has 0 spiro atoms. The van der Waals surface area contributed by atoms with Crippen molar-refractivity contribution in [3.8, 4) is 0 Å². The molecule has 1 aromatic rings. The summed E-state index contributed by atoms with van der Waals surface area (Å²) in [5.41, 5.74) is 2.12. The van der Waals surface area contributed by atoms with Crippen LogP contribution in [-0.4, -0.2) is 18.9 Å². The highest BCUT2D eigenvalue weighted by Gasteiger charge is 2.35. The molecule has 0 bridgehead atoms. The van der Waals surface area contributed by atoms with Crippen molar-refractivity contribution in [2.24, 2.45) is 11.8 Å². The number of hydrogen-bond acceptors (Lipinski definition) is 3. The summed E-state index contributed by atoms with van der Waals surface area (Å²) in [6, 6.07) is 7.36. The van der Waals surface area contributed by atoms with Crippen LogP contribution < -0.4 is 5.32 Å². The first-order chi connectivity index (χ1) is 12.4. The minimum Gasteiger partial charge on any atom is -0.325 e. The Labute approximate surface area is 153 Å². The largest absolute Gasteiger partial charge is 0.325 e. The SMILES string of the molecule is CCCc1ccc(C(=O)NC2=CC=CC3C=CC=C(S(=O)(=O)O)C23)cc1. The van der Waals surface area contributed by atoms with Gasteiger partial charge in [0.05, 0.1) is 4.91 Å². The van der Waals surface area contributed by atoms with Gasteiger partial charge in [0.2, 0.25) is 0 Å². The van der Waals surface area contributed by atoms with Gasteiger partial charge in [-0.05, 0) is 36.3 Å². The van der Waals surface area contributed by atoms with E-state index in [1.54, 1.807) is 30.4 Å². The summed E-state index contributed by atoms with van der Waals surface area (Å²) in [6.07, 6.45) is 12.1. The molecule has 2 aliphatic carbocycles. The van der Waals surface area contributed by atoms with Gasteiger partial charge in [0, 0.05) is 23.1 Å². The highest BCUT2D eigenvalue weighted by Crippen LogP contribution is 2.37. The molecule has 3 rings (SSSR count). The van der Waals surface area contributed by atoms with Crippen molar-refractivity contribution in [1.29, 1.82) is 0 Å². The Bertz CT molecular complexity index is 921. The van der Waals surface area contributed by atoms with Gasteiger partial charge in [-0.25, -0.2) is 0 Å². The molecule has 0 aromatic heterocycles. The number of aryl methyl sites for hydroxylation is 1. The van der Waals surface area contributed by atoms with Gasteiger partial charge in [-0.3, -0.25) is 9.35 Å². The fourth-order valence-electron chi connectivity index (χ4n) is 3.29. The molecule has 6 heteroatoms. The van der Waals surface area contributed by atoms with Gasteiger partial charge < -0.3 is 5.32 Å². The van der Waals surface area contributed by atoms with E-state index in [-0.39, 0.29) is 16.7 Å². The van der Waals surface area contributed by atoms with Crippen LogP contribution in [0.3, 0.4) is 0 Å². The average molecular weight is 371 g/mol. The Kier molecular flexibility index (Phi) is 5.25. The van der Waals surface area contributed by atoms with Crippen molar-refractivity contribution in [2.75, 3.05) is 0 Å². The zero-order chi connectivity index (χ0) is 18.7. The number of amides is 1. The van der Waals surface area contributed by atoms with Crippen LogP contribution in [0.25, 0.3) is 0 Å². The Morgan fingerprint density at radius 2 is 1.77 bits per heavy atom. The monoisotopic (exact) mass is 371 g/mol. The number of carbonyl (C=O) groups excluding carboxylic acids is 1. The smallest absolute Gasteiger partial charge is 0.291 e. The summed E-state index contributed by atoms with van der Waals surface area (Å²) in [5, 5.41) is 2.81. The lowest BCUT2D eigenvalue weighted by atomic mass is 9.82. The number of allylic oxidation sites excluding steroid dienone is 7. The molecular formula is C20H21NO4S. The predicted octanol–water partition coefficient (Wildman–Crippen LogP) is 3.40. The minimum atomic E-state index is -4.36. The molecule has 0 heterocycles. The van der Waals surface area contributed by atoms with Crippen LogP contribution in [0.5, 0.6) is 0 Å². The lowest BCUT2D eigenvalue weighted by Crippen LogP contribution is -2.34. The first-order valence-corrected chi connectivity index (χ1v) is 9.98. The lowest BCUT2D eigenvalue weighted by molar-refractivity contribution is 0.0961. The van der Waals surface area contributed by atoms with Crippen molar-refractivity contribution >= 4 is 16.0 Å². The maximum atomic E-state index is 12.6. The molecule has 26 heavy (non-hydrogen) atoms. The summed E-state index contributed by atoms with van der Waals surface area (Å²) < 4.78 is 33.0. The first-order valence-electron chi connectivity index (χ1n) is 8.54. The van der Waals surface area contributed by atoms with Gasteiger partial charge in [0.25, 0.3) is 16.0 Å². The van der Waals surface area contributed by atoms with E-state index in [0.29, 0.717) is 11.3 Å². The van der Waals surface area contributed by atoms with E-state index < -0.39 is 16.0 Å². The van der Waals surface area contributed by atoms with Gasteiger partial charge in [0.1, 0.15) is 0 Å². The van der Waals surface area contributed by atoms with E-state index in [2.05, 4.69) is 12.2 Å². The first kappa shape index (κ1) is 18.4. The van der Waals surface area contributed by atoms with Gasteiger partial charge in [-0.2, -0.15) is 8.42 Å². The summed E-state index contributed by atoms with van der Waals surface area (Å²) in [7, 11) is -4.36. The molecule has 0 radical (unpaired) electrons. The number of carbonyl (C=O) groups is 1. The second-order valence-corrected chi connectivity index (χ2v) is 7.81. The Morgan fingerprint density at radius 1 is 1.12 bits per heavy atom. The van der Waals surface area contributed by atoms with Crippen LogP contribution in [0.2, 0.25) is 0 Å². The third-order valence-electron chi connectivity index (χ3n) is 4.54. The molecule has 0 saturated heterocycles. The predicted molar refractivity (Wildman–Crippen MR) is 101 cm³/mol. The molecule has 2 atom stereocenters. The van der Waals surface area contributed by atoms with E-state index in [4.69, 9.17) is 0 Å². The molecule has 2 unspecified atom stereocenters. The summed E-state index contributed by atoms with van der Waals surface area (Å²) in [6.45, 7) is 2.10. The third kappa shape index (κ3) is 3.86. The van der Waals surface area contributed by atoms with Gasteiger partial charge in [0.15, 0.2) is 0 Å². The standard InChI is InChI=1S/C20H21NO4S/c1-2-5-14-10-12-16(13-11-14)20(22)21-17-8-3-6-15-7-4-9-18(19(15)17)26(23,24)25/h3-4,6-13,15,19H,2,5H2,1H3,(H,21,22)(H,23,24,25). The fraction of sp³-hybridized carbons (Fsp3) is 0.250. The minimum absolute atomic E-state index is 0.112. The number of nitrogens with one attached hydrogen (secondary N) is 1. The number of benzene rings is 1. The molecule has 0 aliphatic heterocycles. The normalized spacial score (nSPS) is 21.6. The summed E-state index contributed by atoms with van der Waals surface area (Å²) in [4.78, 5) is 12.5. The molecule has 2 N–H and O–H groups in total. The number of rotatable bonds is 5. The summed E-state index contributed by atoms with van der Waals surface area (Å²) in [5.74, 6) is -1.18. The third-order valence-corrected chi connectivity index (χ3v) is 5.53. The second kappa shape index (κ2) is 7.43. The van der Waals surface area contributed by atoms with Crippen LogP contribution in [0.15, 0.2) is 71.3 Å². The van der Waals surface area contributed by atoms with Crippen LogP contribution in [0, 0.1) is 11.8 Å². The van der Waals surface area contributed by atoms with Crippen LogP contribution in [0.1, 0.15) is 29.3 Å². The highest BCUT2D eigenvalue weighted by atomic mass is 32.2. The molecule has 0 fully saturated rings. The van der Waals surface area contributed by atoms with Crippen molar-refractivity contribution in [2.45, 2.75) is 19.8 Å². The molecule has 1 aromatic carbocycles. The van der Waals surface area contributed by atoms with Crippen LogP contribution in [0.4, 0.5) is 0 Å².